The average molecular weight is 279 g/mol. The van der Waals surface area contributed by atoms with Gasteiger partial charge in [0.1, 0.15) is 5.82 Å². The molecule has 1 aromatic rings. The lowest BCUT2D eigenvalue weighted by Gasteiger charge is -2.30. The fourth-order valence-electron chi connectivity index (χ4n) is 2.84. The third-order valence-corrected chi connectivity index (χ3v) is 4.08. The minimum Gasteiger partial charge on any atom is -0.481 e. The van der Waals surface area contributed by atoms with Gasteiger partial charge in [-0.15, -0.1) is 0 Å². The van der Waals surface area contributed by atoms with Crippen molar-refractivity contribution in [1.82, 2.24) is 14.5 Å². The van der Waals surface area contributed by atoms with Crippen LogP contribution in [0.3, 0.4) is 0 Å². The second-order valence-electron chi connectivity index (χ2n) is 5.48. The van der Waals surface area contributed by atoms with Gasteiger partial charge in [0.2, 0.25) is 5.91 Å². The van der Waals surface area contributed by atoms with Crippen LogP contribution in [0.15, 0.2) is 12.4 Å². The van der Waals surface area contributed by atoms with E-state index in [1.807, 2.05) is 17.8 Å². The summed E-state index contributed by atoms with van der Waals surface area (Å²) in [6, 6.07) is 0. The molecule has 0 aromatic carbocycles. The third-order valence-electron chi connectivity index (χ3n) is 4.08. The van der Waals surface area contributed by atoms with Gasteiger partial charge in [0.05, 0.1) is 18.4 Å². The van der Waals surface area contributed by atoms with E-state index in [-0.39, 0.29) is 5.91 Å². The van der Waals surface area contributed by atoms with Crippen molar-refractivity contribution in [3.05, 3.63) is 18.2 Å². The number of carboxylic acid groups (broad SMARTS) is 1. The molecule has 0 aliphatic heterocycles. The Morgan fingerprint density at radius 1 is 1.40 bits per heavy atom. The highest BCUT2D eigenvalue weighted by atomic mass is 16.4. The van der Waals surface area contributed by atoms with Crippen molar-refractivity contribution in [3.63, 3.8) is 0 Å². The normalized spacial score (nSPS) is 22.5. The second-order valence-corrected chi connectivity index (χ2v) is 5.48. The summed E-state index contributed by atoms with van der Waals surface area (Å²) in [6.07, 6.45) is 6.60. The number of rotatable bonds is 4. The standard InChI is InChI=1S/C14H21N3O3/c1-16-8-7-15-12(16)9-17(2)13(18)10-5-3-4-6-11(10)14(19)20/h7-8,10-11H,3-6,9H2,1-2H3,(H,19,20)/t10-,11+/m1/s1. The Bertz CT molecular complexity index is 498. The molecule has 6 nitrogen and oxygen atoms in total. The fraction of sp³-hybridized carbons (Fsp3) is 0.643. The highest BCUT2D eigenvalue weighted by molar-refractivity contribution is 5.84. The van der Waals surface area contributed by atoms with E-state index in [9.17, 15) is 14.7 Å². The number of carbonyl (C=O) groups excluding carboxylic acids is 1. The van der Waals surface area contributed by atoms with Crippen LogP contribution in [-0.2, 0) is 23.2 Å². The smallest absolute Gasteiger partial charge is 0.307 e. The van der Waals surface area contributed by atoms with Crippen LogP contribution >= 0.6 is 0 Å². The van der Waals surface area contributed by atoms with Crippen LogP contribution in [0.5, 0.6) is 0 Å². The summed E-state index contributed by atoms with van der Waals surface area (Å²) in [5, 5.41) is 9.25. The molecule has 110 valence electrons. The summed E-state index contributed by atoms with van der Waals surface area (Å²) in [5.41, 5.74) is 0. The first-order valence-corrected chi connectivity index (χ1v) is 6.94. The van der Waals surface area contributed by atoms with Crippen molar-refractivity contribution in [2.75, 3.05) is 7.05 Å². The van der Waals surface area contributed by atoms with Crippen molar-refractivity contribution in [2.24, 2.45) is 18.9 Å². The maximum atomic E-state index is 12.5. The van der Waals surface area contributed by atoms with E-state index in [1.54, 1.807) is 18.1 Å². The van der Waals surface area contributed by atoms with Crippen molar-refractivity contribution >= 4 is 11.9 Å². The van der Waals surface area contributed by atoms with E-state index >= 15 is 0 Å². The number of aromatic nitrogens is 2. The van der Waals surface area contributed by atoms with Crippen LogP contribution in [0.4, 0.5) is 0 Å². The van der Waals surface area contributed by atoms with E-state index < -0.39 is 17.8 Å². The van der Waals surface area contributed by atoms with Crippen LogP contribution in [-0.4, -0.2) is 38.5 Å². The lowest BCUT2D eigenvalue weighted by Crippen LogP contribution is -2.40. The lowest BCUT2D eigenvalue weighted by molar-refractivity contribution is -0.152. The van der Waals surface area contributed by atoms with Gasteiger partial charge in [-0.1, -0.05) is 12.8 Å². The minimum absolute atomic E-state index is 0.0832. The molecule has 1 N–H and O–H groups in total. The van der Waals surface area contributed by atoms with Crippen molar-refractivity contribution in [1.29, 1.82) is 0 Å². The monoisotopic (exact) mass is 279 g/mol. The maximum absolute atomic E-state index is 12.5. The first-order chi connectivity index (χ1) is 9.50. The van der Waals surface area contributed by atoms with Gasteiger partial charge in [-0.25, -0.2) is 4.98 Å². The van der Waals surface area contributed by atoms with Crippen molar-refractivity contribution < 1.29 is 14.7 Å². The van der Waals surface area contributed by atoms with Gasteiger partial charge in [-0.3, -0.25) is 9.59 Å². The van der Waals surface area contributed by atoms with Crippen LogP contribution in [0.25, 0.3) is 0 Å². The zero-order chi connectivity index (χ0) is 14.7. The summed E-state index contributed by atoms with van der Waals surface area (Å²) in [6.45, 7) is 0.408. The molecule has 0 unspecified atom stereocenters. The predicted octanol–water partition coefficient (Wildman–Crippen LogP) is 1.27. The van der Waals surface area contributed by atoms with Crippen LogP contribution in [0.1, 0.15) is 31.5 Å². The van der Waals surface area contributed by atoms with Crippen LogP contribution < -0.4 is 0 Å². The molecule has 2 rings (SSSR count). The first kappa shape index (κ1) is 14.6. The fourth-order valence-corrected chi connectivity index (χ4v) is 2.84. The number of carbonyl (C=O) groups is 2. The molecule has 1 amide bonds. The van der Waals surface area contributed by atoms with Gasteiger partial charge in [-0.05, 0) is 12.8 Å². The lowest BCUT2D eigenvalue weighted by atomic mass is 9.78. The topological polar surface area (TPSA) is 75.4 Å². The maximum Gasteiger partial charge on any atom is 0.307 e. The van der Waals surface area contributed by atoms with Crippen molar-refractivity contribution in [2.45, 2.75) is 32.2 Å². The highest BCUT2D eigenvalue weighted by Crippen LogP contribution is 2.31. The highest BCUT2D eigenvalue weighted by Gasteiger charge is 2.37. The Labute approximate surface area is 118 Å². The largest absolute Gasteiger partial charge is 0.481 e. The number of hydrogen-bond acceptors (Lipinski definition) is 3. The summed E-state index contributed by atoms with van der Waals surface area (Å²) in [4.78, 5) is 29.5. The number of amides is 1. The Kier molecular flexibility index (Phi) is 4.42. The van der Waals surface area contributed by atoms with Gasteiger partial charge < -0.3 is 14.6 Å². The van der Waals surface area contributed by atoms with Gasteiger partial charge in [-0.2, -0.15) is 0 Å². The molecule has 6 heteroatoms. The third kappa shape index (κ3) is 3.00. The number of aliphatic carboxylic acids is 1. The number of hydrogen-bond donors (Lipinski definition) is 1. The SMILES string of the molecule is CN(Cc1nccn1C)C(=O)[C@@H]1CCCC[C@@H]1C(=O)O. The molecule has 1 heterocycles. The number of carboxylic acids is 1. The molecule has 1 aliphatic carbocycles. The van der Waals surface area contributed by atoms with E-state index in [0.29, 0.717) is 19.4 Å². The van der Waals surface area contributed by atoms with Crippen LogP contribution in [0, 0.1) is 11.8 Å². The summed E-state index contributed by atoms with van der Waals surface area (Å²) >= 11 is 0. The molecule has 1 saturated carbocycles. The zero-order valence-electron chi connectivity index (χ0n) is 12.0. The average Bonchev–Trinajstić information content (AvgIpc) is 2.83. The molecule has 1 aromatic heterocycles. The zero-order valence-corrected chi connectivity index (χ0v) is 12.0. The molecule has 2 atom stereocenters. The first-order valence-electron chi connectivity index (χ1n) is 6.94. The molecular formula is C14H21N3O3. The summed E-state index contributed by atoms with van der Waals surface area (Å²) in [7, 11) is 3.59. The Balaban J connectivity index is 2.05. The number of aryl methyl sites for hydroxylation is 1. The Hall–Kier alpha value is -1.85. The van der Waals surface area contributed by atoms with Gasteiger partial charge in [0.15, 0.2) is 0 Å². The Morgan fingerprint density at radius 3 is 2.60 bits per heavy atom. The summed E-state index contributed by atoms with van der Waals surface area (Å²) < 4.78 is 1.86. The van der Waals surface area contributed by atoms with E-state index in [4.69, 9.17) is 0 Å². The quantitative estimate of drug-likeness (QED) is 0.900. The van der Waals surface area contributed by atoms with Gasteiger partial charge in [0.25, 0.3) is 0 Å². The van der Waals surface area contributed by atoms with E-state index in [1.165, 1.54) is 0 Å². The molecule has 1 aliphatic rings. The summed E-state index contributed by atoms with van der Waals surface area (Å²) in [5.74, 6) is -1.08. The molecular weight excluding hydrogens is 258 g/mol. The number of imidazole rings is 1. The van der Waals surface area contributed by atoms with Crippen molar-refractivity contribution in [3.8, 4) is 0 Å². The molecule has 0 bridgehead atoms. The minimum atomic E-state index is -0.853. The molecule has 0 saturated heterocycles. The predicted molar refractivity (Wildman–Crippen MR) is 72.8 cm³/mol. The molecule has 1 fully saturated rings. The van der Waals surface area contributed by atoms with Gasteiger partial charge >= 0.3 is 5.97 Å². The van der Waals surface area contributed by atoms with Crippen LogP contribution in [0.2, 0.25) is 0 Å². The second kappa shape index (κ2) is 6.07. The molecule has 20 heavy (non-hydrogen) atoms. The van der Waals surface area contributed by atoms with E-state index in [2.05, 4.69) is 4.98 Å². The number of nitrogens with zero attached hydrogens (tertiary/aromatic N) is 3. The van der Waals surface area contributed by atoms with Gasteiger partial charge in [0, 0.05) is 26.5 Å². The Morgan fingerprint density at radius 2 is 2.05 bits per heavy atom. The molecule has 0 radical (unpaired) electrons. The van der Waals surface area contributed by atoms with E-state index in [0.717, 1.165) is 18.7 Å². The molecule has 0 spiro atoms.